The van der Waals surface area contributed by atoms with E-state index < -0.39 is 6.10 Å². The Bertz CT molecular complexity index is 540. The first-order chi connectivity index (χ1) is 9.15. The van der Waals surface area contributed by atoms with Crippen molar-refractivity contribution in [2.75, 3.05) is 12.3 Å². The molecule has 1 heterocycles. The first-order valence-electron chi connectivity index (χ1n) is 5.80. The van der Waals surface area contributed by atoms with Crippen LogP contribution in [0.15, 0.2) is 36.7 Å². The lowest BCUT2D eigenvalue weighted by molar-refractivity contribution is -0.122. The Morgan fingerprint density at radius 1 is 1.42 bits per heavy atom. The number of nitrogen functional groups attached to an aromatic ring is 1. The molecule has 2 aromatic rings. The molecule has 0 saturated carbocycles. The largest absolute Gasteiger partial charge is 0.387 e. The van der Waals surface area contributed by atoms with E-state index in [4.69, 9.17) is 5.73 Å². The SMILES string of the molecule is Nc1ncn(CC(=O)NCC(O)c2ccccc2)n1. The minimum atomic E-state index is -0.731. The molecule has 1 aromatic heterocycles. The number of hydrogen-bond donors (Lipinski definition) is 3. The van der Waals surface area contributed by atoms with Gasteiger partial charge in [-0.1, -0.05) is 30.3 Å². The molecule has 2 rings (SSSR count). The van der Waals surface area contributed by atoms with E-state index in [1.54, 1.807) is 12.1 Å². The molecule has 0 saturated heterocycles. The van der Waals surface area contributed by atoms with E-state index in [1.807, 2.05) is 18.2 Å². The molecule has 7 heteroatoms. The quantitative estimate of drug-likeness (QED) is 0.685. The van der Waals surface area contributed by atoms with Crippen molar-refractivity contribution in [3.63, 3.8) is 0 Å². The summed E-state index contributed by atoms with van der Waals surface area (Å²) in [4.78, 5) is 15.3. The number of rotatable bonds is 5. The number of aliphatic hydroxyl groups is 1. The molecule has 0 aliphatic carbocycles. The highest BCUT2D eigenvalue weighted by atomic mass is 16.3. The van der Waals surface area contributed by atoms with Gasteiger partial charge in [-0.05, 0) is 5.56 Å². The van der Waals surface area contributed by atoms with E-state index in [9.17, 15) is 9.90 Å². The van der Waals surface area contributed by atoms with Gasteiger partial charge in [-0.25, -0.2) is 9.67 Å². The third-order valence-electron chi connectivity index (χ3n) is 2.54. The number of amides is 1. The van der Waals surface area contributed by atoms with Crippen LogP contribution in [0, 0.1) is 0 Å². The molecule has 1 atom stereocenters. The van der Waals surface area contributed by atoms with Crippen molar-refractivity contribution in [1.29, 1.82) is 0 Å². The van der Waals surface area contributed by atoms with Crippen LogP contribution in [-0.2, 0) is 11.3 Å². The number of nitrogens with zero attached hydrogens (tertiary/aromatic N) is 3. The van der Waals surface area contributed by atoms with Crippen molar-refractivity contribution >= 4 is 11.9 Å². The number of anilines is 1. The van der Waals surface area contributed by atoms with Crippen LogP contribution in [0.2, 0.25) is 0 Å². The monoisotopic (exact) mass is 261 g/mol. The van der Waals surface area contributed by atoms with E-state index >= 15 is 0 Å². The molecule has 0 aliphatic heterocycles. The molecular weight excluding hydrogens is 246 g/mol. The van der Waals surface area contributed by atoms with Gasteiger partial charge >= 0.3 is 0 Å². The zero-order chi connectivity index (χ0) is 13.7. The van der Waals surface area contributed by atoms with Crippen LogP contribution < -0.4 is 11.1 Å². The predicted octanol–water partition coefficient (Wildman–Crippen LogP) is -0.290. The smallest absolute Gasteiger partial charge is 0.241 e. The van der Waals surface area contributed by atoms with Crippen molar-refractivity contribution in [1.82, 2.24) is 20.1 Å². The average molecular weight is 261 g/mol. The Morgan fingerprint density at radius 3 is 2.79 bits per heavy atom. The van der Waals surface area contributed by atoms with Gasteiger partial charge in [-0.3, -0.25) is 4.79 Å². The first-order valence-corrected chi connectivity index (χ1v) is 5.80. The summed E-state index contributed by atoms with van der Waals surface area (Å²) in [6, 6.07) is 9.13. The Balaban J connectivity index is 1.80. The van der Waals surface area contributed by atoms with Crippen LogP contribution in [0.4, 0.5) is 5.95 Å². The molecule has 19 heavy (non-hydrogen) atoms. The third-order valence-corrected chi connectivity index (χ3v) is 2.54. The molecule has 4 N–H and O–H groups in total. The maximum absolute atomic E-state index is 11.6. The molecule has 1 unspecified atom stereocenters. The summed E-state index contributed by atoms with van der Waals surface area (Å²) in [5.74, 6) is -0.142. The Morgan fingerprint density at radius 2 is 2.16 bits per heavy atom. The van der Waals surface area contributed by atoms with Crippen molar-refractivity contribution in [2.24, 2.45) is 0 Å². The summed E-state index contributed by atoms with van der Waals surface area (Å²) in [6.07, 6.45) is 0.647. The summed E-state index contributed by atoms with van der Waals surface area (Å²) in [7, 11) is 0. The van der Waals surface area contributed by atoms with Crippen molar-refractivity contribution in [3.05, 3.63) is 42.2 Å². The number of nitrogens with two attached hydrogens (primary N) is 1. The zero-order valence-electron chi connectivity index (χ0n) is 10.2. The van der Waals surface area contributed by atoms with E-state index in [2.05, 4.69) is 15.4 Å². The maximum Gasteiger partial charge on any atom is 0.241 e. The average Bonchev–Trinajstić information content (AvgIpc) is 2.82. The lowest BCUT2D eigenvalue weighted by atomic mass is 10.1. The molecule has 100 valence electrons. The lowest BCUT2D eigenvalue weighted by Gasteiger charge is -2.12. The van der Waals surface area contributed by atoms with Gasteiger partial charge in [0.25, 0.3) is 0 Å². The fraction of sp³-hybridized carbons (Fsp3) is 0.250. The second-order valence-corrected chi connectivity index (χ2v) is 4.03. The lowest BCUT2D eigenvalue weighted by Crippen LogP contribution is -2.31. The van der Waals surface area contributed by atoms with Gasteiger partial charge in [0.1, 0.15) is 12.9 Å². The normalized spacial score (nSPS) is 12.1. The highest BCUT2D eigenvalue weighted by Gasteiger charge is 2.09. The van der Waals surface area contributed by atoms with E-state index in [-0.39, 0.29) is 24.9 Å². The molecule has 7 nitrogen and oxygen atoms in total. The van der Waals surface area contributed by atoms with Crippen LogP contribution in [0.1, 0.15) is 11.7 Å². The van der Waals surface area contributed by atoms with Crippen LogP contribution in [0.25, 0.3) is 0 Å². The predicted molar refractivity (Wildman–Crippen MR) is 68.8 cm³/mol. The van der Waals surface area contributed by atoms with E-state index in [0.717, 1.165) is 5.56 Å². The van der Waals surface area contributed by atoms with Gasteiger partial charge in [0, 0.05) is 6.54 Å². The molecule has 0 aliphatic rings. The third kappa shape index (κ3) is 3.78. The minimum Gasteiger partial charge on any atom is -0.387 e. The van der Waals surface area contributed by atoms with Gasteiger partial charge < -0.3 is 16.2 Å². The van der Waals surface area contributed by atoms with Crippen LogP contribution in [0.3, 0.4) is 0 Å². The molecule has 0 spiro atoms. The molecule has 1 amide bonds. The number of hydrogen-bond acceptors (Lipinski definition) is 5. The summed E-state index contributed by atoms with van der Waals surface area (Å²) >= 11 is 0. The van der Waals surface area contributed by atoms with Gasteiger partial charge in [0.2, 0.25) is 11.9 Å². The highest BCUT2D eigenvalue weighted by Crippen LogP contribution is 2.10. The van der Waals surface area contributed by atoms with Crippen molar-refractivity contribution in [3.8, 4) is 0 Å². The standard InChI is InChI=1S/C12H15N5O2/c13-12-15-8-17(16-12)7-11(19)14-6-10(18)9-4-2-1-3-5-9/h1-5,8,10,18H,6-7H2,(H2,13,16)(H,14,19). The molecule has 0 fully saturated rings. The minimum absolute atomic E-state index is 0.0196. The van der Waals surface area contributed by atoms with Gasteiger partial charge in [0.05, 0.1) is 6.10 Å². The number of aromatic nitrogens is 3. The number of carbonyl (C=O) groups excluding carboxylic acids is 1. The van der Waals surface area contributed by atoms with E-state index in [1.165, 1.54) is 11.0 Å². The van der Waals surface area contributed by atoms with Gasteiger partial charge in [0.15, 0.2) is 0 Å². The number of nitrogens with one attached hydrogen (secondary N) is 1. The summed E-state index contributed by atoms with van der Waals surface area (Å²) in [5, 5.41) is 16.3. The summed E-state index contributed by atoms with van der Waals surface area (Å²) < 4.78 is 1.33. The highest BCUT2D eigenvalue weighted by molar-refractivity contribution is 5.75. The Labute approximate surface area is 110 Å². The van der Waals surface area contributed by atoms with Crippen molar-refractivity contribution in [2.45, 2.75) is 12.6 Å². The fourth-order valence-corrected chi connectivity index (χ4v) is 1.59. The number of aliphatic hydroxyl groups excluding tert-OH is 1. The van der Waals surface area contributed by atoms with Gasteiger partial charge in [-0.15, -0.1) is 5.10 Å². The molecular formula is C12H15N5O2. The molecule has 0 radical (unpaired) electrons. The fourth-order valence-electron chi connectivity index (χ4n) is 1.59. The number of benzene rings is 1. The second kappa shape index (κ2) is 5.96. The summed E-state index contributed by atoms with van der Waals surface area (Å²) in [5.41, 5.74) is 6.09. The van der Waals surface area contributed by atoms with E-state index in [0.29, 0.717) is 0 Å². The second-order valence-electron chi connectivity index (χ2n) is 4.03. The first kappa shape index (κ1) is 13.0. The van der Waals surface area contributed by atoms with Gasteiger partial charge in [-0.2, -0.15) is 0 Å². The topological polar surface area (TPSA) is 106 Å². The Hall–Kier alpha value is -2.41. The maximum atomic E-state index is 11.6. The molecule has 1 aromatic carbocycles. The van der Waals surface area contributed by atoms with Crippen LogP contribution in [-0.4, -0.2) is 32.3 Å². The number of carbonyl (C=O) groups is 1. The van der Waals surface area contributed by atoms with Crippen molar-refractivity contribution < 1.29 is 9.90 Å². The van der Waals surface area contributed by atoms with Crippen LogP contribution >= 0.6 is 0 Å². The summed E-state index contributed by atoms with van der Waals surface area (Å²) in [6.45, 7) is 0.165. The molecule has 0 bridgehead atoms. The zero-order valence-corrected chi connectivity index (χ0v) is 10.2. The van der Waals surface area contributed by atoms with Crippen LogP contribution in [0.5, 0.6) is 0 Å². The Kier molecular flexibility index (Phi) is 4.09.